The normalized spacial score (nSPS) is 16.8. The molecule has 0 atom stereocenters. The molecule has 1 aliphatic heterocycles. The van der Waals surface area contributed by atoms with Gasteiger partial charge in [-0.3, -0.25) is 4.79 Å². The monoisotopic (exact) mass is 418 g/mol. The number of hydrogen-bond acceptors (Lipinski definition) is 5. The third-order valence-electron chi connectivity index (χ3n) is 6.42. The summed E-state index contributed by atoms with van der Waals surface area (Å²) in [5, 5.41) is 0. The van der Waals surface area contributed by atoms with E-state index in [0.717, 1.165) is 49.1 Å². The highest BCUT2D eigenvalue weighted by molar-refractivity contribution is 5.91. The number of ether oxygens (including phenoxy) is 1. The summed E-state index contributed by atoms with van der Waals surface area (Å²) >= 11 is 0. The highest BCUT2D eigenvalue weighted by Gasteiger charge is 2.27. The van der Waals surface area contributed by atoms with Crippen LogP contribution in [-0.4, -0.2) is 41.5 Å². The van der Waals surface area contributed by atoms with Gasteiger partial charge in [0.15, 0.2) is 18.1 Å². The maximum atomic E-state index is 12.6. The number of oxazole rings is 1. The number of amides is 1. The molecule has 1 amide bonds. The number of esters is 1. The summed E-state index contributed by atoms with van der Waals surface area (Å²) in [4.78, 5) is 31.3. The van der Waals surface area contributed by atoms with Crippen molar-refractivity contribution in [2.24, 2.45) is 0 Å². The van der Waals surface area contributed by atoms with E-state index in [1.165, 1.54) is 17.5 Å². The Bertz CT molecular complexity index is 1080. The lowest BCUT2D eigenvalue weighted by atomic mass is 9.90. The first-order valence-electron chi connectivity index (χ1n) is 11.1. The van der Waals surface area contributed by atoms with E-state index in [9.17, 15) is 9.59 Å². The molecule has 6 heteroatoms. The first kappa shape index (κ1) is 19.8. The van der Waals surface area contributed by atoms with Crippen LogP contribution in [0.4, 0.5) is 0 Å². The molecule has 1 saturated heterocycles. The molecular formula is C25H26N2O4. The van der Waals surface area contributed by atoms with Crippen LogP contribution in [0.25, 0.3) is 11.1 Å². The smallest absolute Gasteiger partial charge is 0.338 e. The van der Waals surface area contributed by atoms with E-state index in [1.807, 2.05) is 42.5 Å². The molecule has 2 heterocycles. The minimum absolute atomic E-state index is 0.151. The summed E-state index contributed by atoms with van der Waals surface area (Å²) in [5.41, 5.74) is 4.74. The van der Waals surface area contributed by atoms with Crippen LogP contribution in [0.5, 0.6) is 0 Å². The van der Waals surface area contributed by atoms with E-state index in [-0.39, 0.29) is 18.4 Å². The van der Waals surface area contributed by atoms with Gasteiger partial charge >= 0.3 is 5.97 Å². The zero-order valence-electron chi connectivity index (χ0n) is 17.5. The van der Waals surface area contributed by atoms with Gasteiger partial charge in [0.25, 0.3) is 5.91 Å². The molecule has 31 heavy (non-hydrogen) atoms. The molecule has 5 rings (SSSR count). The number of aromatic nitrogens is 1. The van der Waals surface area contributed by atoms with Crippen LogP contribution < -0.4 is 0 Å². The number of nitrogens with zero attached hydrogens (tertiary/aromatic N) is 2. The van der Waals surface area contributed by atoms with E-state index in [4.69, 9.17) is 9.15 Å². The average molecular weight is 418 g/mol. The number of aryl methyl sites for hydroxylation is 2. The van der Waals surface area contributed by atoms with E-state index in [0.29, 0.717) is 18.7 Å². The van der Waals surface area contributed by atoms with Crippen LogP contribution in [0.15, 0.2) is 46.9 Å². The highest BCUT2D eigenvalue weighted by atomic mass is 16.5. The molecule has 6 nitrogen and oxygen atoms in total. The summed E-state index contributed by atoms with van der Waals surface area (Å²) < 4.78 is 11.2. The zero-order valence-corrected chi connectivity index (χ0v) is 17.5. The molecule has 0 radical (unpaired) electrons. The summed E-state index contributed by atoms with van der Waals surface area (Å²) in [6.07, 6.45) is 6.01. The topological polar surface area (TPSA) is 72.6 Å². The third kappa shape index (κ3) is 4.20. The lowest BCUT2D eigenvalue weighted by Gasteiger charge is -2.30. The van der Waals surface area contributed by atoms with Gasteiger partial charge in [-0.1, -0.05) is 18.2 Å². The van der Waals surface area contributed by atoms with Crippen LogP contribution in [0.1, 0.15) is 59.0 Å². The van der Waals surface area contributed by atoms with Gasteiger partial charge in [-0.15, -0.1) is 0 Å². The van der Waals surface area contributed by atoms with Crippen molar-refractivity contribution in [3.8, 4) is 0 Å². The summed E-state index contributed by atoms with van der Waals surface area (Å²) in [6, 6.07) is 13.5. The molecule has 0 unspecified atom stereocenters. The number of piperidine rings is 1. The molecule has 0 bridgehead atoms. The van der Waals surface area contributed by atoms with Crippen molar-refractivity contribution in [2.75, 3.05) is 19.7 Å². The largest absolute Gasteiger partial charge is 0.452 e. The van der Waals surface area contributed by atoms with Crippen molar-refractivity contribution in [1.82, 2.24) is 9.88 Å². The van der Waals surface area contributed by atoms with Crippen molar-refractivity contribution in [2.45, 2.75) is 44.4 Å². The Morgan fingerprint density at radius 1 is 1.03 bits per heavy atom. The van der Waals surface area contributed by atoms with Crippen molar-refractivity contribution >= 4 is 23.0 Å². The fourth-order valence-corrected chi connectivity index (χ4v) is 4.60. The first-order valence-corrected chi connectivity index (χ1v) is 11.1. The quantitative estimate of drug-likeness (QED) is 0.592. The van der Waals surface area contributed by atoms with Crippen LogP contribution in [-0.2, 0) is 22.4 Å². The van der Waals surface area contributed by atoms with Gasteiger partial charge in [-0.05, 0) is 73.9 Å². The fourth-order valence-electron chi connectivity index (χ4n) is 4.60. The van der Waals surface area contributed by atoms with E-state index >= 15 is 0 Å². The van der Waals surface area contributed by atoms with Gasteiger partial charge in [0.1, 0.15) is 5.52 Å². The van der Waals surface area contributed by atoms with Crippen LogP contribution in [0.2, 0.25) is 0 Å². The Morgan fingerprint density at radius 3 is 2.61 bits per heavy atom. The minimum atomic E-state index is -0.428. The summed E-state index contributed by atoms with van der Waals surface area (Å²) in [6.45, 7) is 1.00. The van der Waals surface area contributed by atoms with Crippen LogP contribution in [0.3, 0.4) is 0 Å². The van der Waals surface area contributed by atoms with Crippen LogP contribution >= 0.6 is 0 Å². The number of para-hydroxylation sites is 2. The van der Waals surface area contributed by atoms with E-state index < -0.39 is 5.97 Å². The minimum Gasteiger partial charge on any atom is -0.452 e. The standard InChI is InChI=1S/C25H26N2O4/c28-23(16-30-25(29)20-10-9-17-5-1-2-6-19(17)15-20)27-13-11-18(12-14-27)24-26-21-7-3-4-8-22(21)31-24/h3-4,7-10,15,18H,1-2,5-6,11-14,16H2. The number of likely N-dealkylation sites (tertiary alicyclic amines) is 1. The lowest BCUT2D eigenvalue weighted by Crippen LogP contribution is -2.40. The molecule has 0 N–H and O–H groups in total. The molecular weight excluding hydrogens is 392 g/mol. The van der Waals surface area contributed by atoms with Crippen molar-refractivity contribution in [3.05, 3.63) is 65.0 Å². The summed E-state index contributed by atoms with van der Waals surface area (Å²) in [7, 11) is 0. The molecule has 2 aromatic carbocycles. The van der Waals surface area contributed by atoms with Gasteiger partial charge in [0, 0.05) is 19.0 Å². The number of fused-ring (bicyclic) bond motifs is 2. The number of benzene rings is 2. The molecule has 3 aromatic rings. The van der Waals surface area contributed by atoms with Crippen molar-refractivity contribution < 1.29 is 18.7 Å². The van der Waals surface area contributed by atoms with E-state index in [1.54, 1.807) is 4.90 Å². The first-order chi connectivity index (χ1) is 15.2. The van der Waals surface area contributed by atoms with Crippen molar-refractivity contribution in [1.29, 1.82) is 0 Å². The molecule has 160 valence electrons. The van der Waals surface area contributed by atoms with Gasteiger partial charge in [-0.2, -0.15) is 0 Å². The van der Waals surface area contributed by atoms with E-state index in [2.05, 4.69) is 4.98 Å². The number of carbonyl (C=O) groups excluding carboxylic acids is 2. The van der Waals surface area contributed by atoms with Crippen LogP contribution in [0, 0.1) is 0 Å². The Morgan fingerprint density at radius 2 is 1.81 bits per heavy atom. The Kier molecular flexibility index (Phi) is 5.45. The maximum absolute atomic E-state index is 12.6. The number of carbonyl (C=O) groups is 2. The number of hydrogen-bond donors (Lipinski definition) is 0. The molecule has 1 fully saturated rings. The third-order valence-corrected chi connectivity index (χ3v) is 6.42. The SMILES string of the molecule is O=C(OCC(=O)N1CCC(c2nc3ccccc3o2)CC1)c1ccc2c(c1)CCCC2. The fraction of sp³-hybridized carbons (Fsp3) is 0.400. The van der Waals surface area contributed by atoms with Gasteiger partial charge < -0.3 is 14.1 Å². The van der Waals surface area contributed by atoms with Crippen molar-refractivity contribution in [3.63, 3.8) is 0 Å². The Hall–Kier alpha value is -3.15. The molecule has 1 aliphatic carbocycles. The molecule has 2 aliphatic rings. The van der Waals surface area contributed by atoms with Gasteiger partial charge in [0.2, 0.25) is 0 Å². The molecule has 0 saturated carbocycles. The molecule has 0 spiro atoms. The lowest BCUT2D eigenvalue weighted by molar-refractivity contribution is -0.135. The van der Waals surface area contributed by atoms with Gasteiger partial charge in [-0.25, -0.2) is 9.78 Å². The second-order valence-electron chi connectivity index (χ2n) is 8.44. The predicted octanol–water partition coefficient (Wildman–Crippen LogP) is 4.27. The zero-order chi connectivity index (χ0) is 21.2. The highest BCUT2D eigenvalue weighted by Crippen LogP contribution is 2.30. The predicted molar refractivity (Wildman–Crippen MR) is 116 cm³/mol. The van der Waals surface area contributed by atoms with Gasteiger partial charge in [0.05, 0.1) is 5.56 Å². The molecule has 1 aromatic heterocycles. The average Bonchev–Trinajstić information content (AvgIpc) is 3.26. The Balaban J connectivity index is 1.13. The number of rotatable bonds is 4. The maximum Gasteiger partial charge on any atom is 0.338 e. The second-order valence-corrected chi connectivity index (χ2v) is 8.44. The summed E-state index contributed by atoms with van der Waals surface area (Å²) in [5.74, 6) is 0.368. The Labute approximate surface area is 181 Å². The second kappa shape index (κ2) is 8.53.